The largest absolute Gasteiger partial charge is 0.507 e. The van der Waals surface area contributed by atoms with Crippen molar-refractivity contribution in [2.24, 2.45) is 15.3 Å². The fourth-order valence-corrected chi connectivity index (χ4v) is 5.08. The number of nitrogens with zero attached hydrogens (tertiary/aromatic N) is 3. The average molecular weight is 579 g/mol. The van der Waals surface area contributed by atoms with Crippen LogP contribution in [0.5, 0.6) is 11.5 Å². The van der Waals surface area contributed by atoms with Crippen molar-refractivity contribution in [1.82, 2.24) is 5.43 Å². The molecule has 0 atom stereocenters. The van der Waals surface area contributed by atoms with Crippen molar-refractivity contribution in [3.63, 3.8) is 0 Å². The van der Waals surface area contributed by atoms with E-state index in [-0.39, 0.29) is 17.4 Å². The van der Waals surface area contributed by atoms with Gasteiger partial charge in [0.2, 0.25) is 5.90 Å². The minimum Gasteiger partial charge on any atom is -0.507 e. The van der Waals surface area contributed by atoms with Gasteiger partial charge in [0.15, 0.2) is 0 Å². The third-order valence-corrected chi connectivity index (χ3v) is 7.22. The van der Waals surface area contributed by atoms with Crippen LogP contribution in [0.4, 0.5) is 0 Å². The number of hydrazone groups is 1. The standard InChI is InChI=1S/C36H26N4O4/c41-33-19-17-23-9-1-3-11-25(23)31(33)21-37-39-35(43)29-15-7-5-13-27(29)28-14-6-8-16-30(28)36(44)40-38-22-32-26-12-4-2-10-24(26)18-20-34(32)42/h1-22,41-42H,(H,39,43)(H,40,44)/b37-21+,38-22+. The molecule has 8 nitrogen and oxygen atoms in total. The minimum absolute atomic E-state index is 0.0424. The van der Waals surface area contributed by atoms with Gasteiger partial charge in [0.05, 0.1) is 12.4 Å². The molecule has 1 amide bonds. The fraction of sp³-hybridized carbons (Fsp3) is 0. The van der Waals surface area contributed by atoms with Gasteiger partial charge < -0.3 is 15.3 Å². The number of carbonyl (C=O) groups excluding carboxylic acids is 1. The van der Waals surface area contributed by atoms with E-state index in [0.29, 0.717) is 33.4 Å². The molecule has 0 bridgehead atoms. The van der Waals surface area contributed by atoms with Gasteiger partial charge in [-0.15, -0.1) is 5.10 Å². The van der Waals surface area contributed by atoms with Gasteiger partial charge in [0, 0.05) is 22.3 Å². The fourth-order valence-electron chi connectivity index (χ4n) is 5.08. The number of aromatic hydroxyl groups is 2. The van der Waals surface area contributed by atoms with Gasteiger partial charge in [-0.25, -0.2) is 5.43 Å². The molecule has 44 heavy (non-hydrogen) atoms. The lowest BCUT2D eigenvalue weighted by Gasteiger charge is -2.12. The highest BCUT2D eigenvalue weighted by molar-refractivity contribution is 6.07. The zero-order chi connectivity index (χ0) is 30.5. The number of aliphatic hydroxyl groups excluding tert-OH is 1. The second-order valence-electron chi connectivity index (χ2n) is 9.90. The zero-order valence-corrected chi connectivity index (χ0v) is 23.3. The van der Waals surface area contributed by atoms with Crippen LogP contribution in [0, 0.1) is 0 Å². The molecule has 0 radical (unpaired) electrons. The third-order valence-electron chi connectivity index (χ3n) is 7.22. The SMILES string of the molecule is O=C(N/N=C/c1c(O)ccc2ccccc12)c1ccccc1-c1ccccc1/C(O)=N/N=C/c1c(O)ccc2ccccc12. The van der Waals surface area contributed by atoms with Crippen molar-refractivity contribution in [3.05, 3.63) is 144 Å². The molecule has 0 spiro atoms. The molecule has 0 fully saturated rings. The number of amides is 1. The molecule has 6 rings (SSSR count). The van der Waals surface area contributed by atoms with Gasteiger partial charge >= 0.3 is 0 Å². The number of fused-ring (bicyclic) bond motifs is 2. The van der Waals surface area contributed by atoms with Gasteiger partial charge in [-0.1, -0.05) is 97.1 Å². The molecule has 8 heteroatoms. The van der Waals surface area contributed by atoms with Crippen LogP contribution in [0.3, 0.4) is 0 Å². The zero-order valence-electron chi connectivity index (χ0n) is 23.3. The lowest BCUT2D eigenvalue weighted by atomic mass is 9.95. The Bertz CT molecular complexity index is 2120. The number of hydrogen-bond acceptors (Lipinski definition) is 6. The first kappa shape index (κ1) is 27.9. The predicted molar refractivity (Wildman–Crippen MR) is 175 cm³/mol. The van der Waals surface area contributed by atoms with Crippen LogP contribution in [0.15, 0.2) is 137 Å². The van der Waals surface area contributed by atoms with Gasteiger partial charge in [0.25, 0.3) is 5.91 Å². The van der Waals surface area contributed by atoms with E-state index in [9.17, 15) is 20.1 Å². The summed E-state index contributed by atoms with van der Waals surface area (Å²) in [5.74, 6) is -0.756. The minimum atomic E-state index is -0.479. The molecule has 0 aliphatic heterocycles. The van der Waals surface area contributed by atoms with Crippen molar-refractivity contribution in [3.8, 4) is 22.6 Å². The first-order chi connectivity index (χ1) is 21.5. The summed E-state index contributed by atoms with van der Waals surface area (Å²) in [7, 11) is 0. The summed E-state index contributed by atoms with van der Waals surface area (Å²) >= 11 is 0. The summed E-state index contributed by atoms with van der Waals surface area (Å²) in [6.45, 7) is 0. The van der Waals surface area contributed by atoms with Crippen LogP contribution in [-0.2, 0) is 0 Å². The number of carbonyl (C=O) groups is 1. The highest BCUT2D eigenvalue weighted by Gasteiger charge is 2.17. The van der Waals surface area contributed by atoms with Crippen molar-refractivity contribution >= 4 is 45.8 Å². The maximum absolute atomic E-state index is 13.3. The Balaban J connectivity index is 1.28. The highest BCUT2D eigenvalue weighted by atomic mass is 16.3. The van der Waals surface area contributed by atoms with Gasteiger partial charge in [-0.3, -0.25) is 4.79 Å². The molecule has 0 saturated carbocycles. The Morgan fingerprint density at radius 1 is 0.591 bits per heavy atom. The maximum Gasteiger partial charge on any atom is 0.271 e. The number of nitrogens with one attached hydrogen (secondary N) is 1. The lowest BCUT2D eigenvalue weighted by molar-refractivity contribution is 0.0955. The highest BCUT2D eigenvalue weighted by Crippen LogP contribution is 2.29. The van der Waals surface area contributed by atoms with Crippen LogP contribution >= 0.6 is 0 Å². The molecule has 0 aliphatic rings. The number of phenols is 2. The van der Waals surface area contributed by atoms with E-state index in [0.717, 1.165) is 21.5 Å². The second-order valence-corrected chi connectivity index (χ2v) is 9.90. The van der Waals surface area contributed by atoms with Crippen LogP contribution in [-0.4, -0.2) is 39.6 Å². The van der Waals surface area contributed by atoms with Crippen molar-refractivity contribution in [2.75, 3.05) is 0 Å². The molecule has 0 aliphatic carbocycles. The van der Waals surface area contributed by atoms with Crippen molar-refractivity contribution in [1.29, 1.82) is 0 Å². The van der Waals surface area contributed by atoms with Gasteiger partial charge in [-0.2, -0.15) is 10.2 Å². The van der Waals surface area contributed by atoms with Crippen LogP contribution in [0.2, 0.25) is 0 Å². The van der Waals surface area contributed by atoms with Crippen LogP contribution in [0.1, 0.15) is 27.0 Å². The molecule has 0 aromatic heterocycles. The Labute approximate surface area is 252 Å². The normalized spacial score (nSPS) is 12.0. The molecule has 4 N–H and O–H groups in total. The average Bonchev–Trinajstić information content (AvgIpc) is 3.06. The summed E-state index contributed by atoms with van der Waals surface area (Å²) in [6.07, 6.45) is 2.81. The number of phenolic OH excluding ortho intramolecular Hbond substituents is 2. The Kier molecular flexibility index (Phi) is 7.79. The first-order valence-corrected chi connectivity index (χ1v) is 13.7. The van der Waals surface area contributed by atoms with E-state index in [4.69, 9.17) is 0 Å². The quantitative estimate of drug-likeness (QED) is 0.0910. The Hall–Kier alpha value is -6.28. The van der Waals surface area contributed by atoms with E-state index >= 15 is 0 Å². The summed E-state index contributed by atoms with van der Waals surface area (Å²) in [6, 6.07) is 35.8. The van der Waals surface area contributed by atoms with Crippen molar-refractivity contribution < 1.29 is 20.1 Å². The van der Waals surface area contributed by atoms with E-state index in [1.54, 1.807) is 60.7 Å². The maximum atomic E-state index is 13.3. The third kappa shape index (κ3) is 5.60. The molecule has 0 saturated heterocycles. The van der Waals surface area contributed by atoms with E-state index in [1.165, 1.54) is 12.4 Å². The topological polar surface area (TPSA) is 127 Å². The molecule has 0 heterocycles. The van der Waals surface area contributed by atoms with Crippen LogP contribution in [0.25, 0.3) is 32.7 Å². The van der Waals surface area contributed by atoms with Crippen molar-refractivity contribution in [2.45, 2.75) is 0 Å². The number of aliphatic hydroxyl groups is 1. The molecule has 0 unspecified atom stereocenters. The summed E-state index contributed by atoms with van der Waals surface area (Å²) < 4.78 is 0. The molecular formula is C36H26N4O4. The molecule has 6 aromatic rings. The van der Waals surface area contributed by atoms with Gasteiger partial charge in [-0.05, 0) is 56.9 Å². The number of benzene rings is 6. The smallest absolute Gasteiger partial charge is 0.271 e. The predicted octanol–water partition coefficient (Wildman–Crippen LogP) is 7.17. The summed E-state index contributed by atoms with van der Waals surface area (Å²) in [5.41, 5.74) is 5.29. The first-order valence-electron chi connectivity index (χ1n) is 13.7. The second kappa shape index (κ2) is 12.3. The van der Waals surface area contributed by atoms with Gasteiger partial charge in [0.1, 0.15) is 11.5 Å². The monoisotopic (exact) mass is 578 g/mol. The van der Waals surface area contributed by atoms with E-state index in [1.807, 2.05) is 60.7 Å². The summed E-state index contributed by atoms with van der Waals surface area (Å²) in [4.78, 5) is 13.3. The molecule has 6 aromatic carbocycles. The Morgan fingerprint density at radius 2 is 1.09 bits per heavy atom. The van der Waals surface area contributed by atoms with E-state index in [2.05, 4.69) is 20.7 Å². The van der Waals surface area contributed by atoms with E-state index < -0.39 is 5.91 Å². The molecular weight excluding hydrogens is 552 g/mol. The molecule has 214 valence electrons. The lowest BCUT2D eigenvalue weighted by Crippen LogP contribution is -2.19. The number of hydrogen-bond donors (Lipinski definition) is 4. The Morgan fingerprint density at radius 3 is 1.73 bits per heavy atom. The van der Waals surface area contributed by atoms with Crippen LogP contribution < -0.4 is 5.43 Å². The number of rotatable bonds is 7. The summed E-state index contributed by atoms with van der Waals surface area (Å²) in [5, 5.41) is 47.4.